The molecule has 0 saturated carbocycles. The normalized spacial score (nSPS) is 17.1. The van der Waals surface area contributed by atoms with E-state index in [-0.39, 0.29) is 23.5 Å². The van der Waals surface area contributed by atoms with E-state index in [1.54, 1.807) is 28.5 Å². The first-order valence-corrected chi connectivity index (χ1v) is 11.5. The van der Waals surface area contributed by atoms with E-state index in [1.807, 2.05) is 0 Å². The molecule has 9 heteroatoms. The summed E-state index contributed by atoms with van der Waals surface area (Å²) in [7, 11) is -3.70. The second-order valence-electron chi connectivity index (χ2n) is 7.14. The van der Waals surface area contributed by atoms with Crippen LogP contribution >= 0.6 is 11.3 Å². The van der Waals surface area contributed by atoms with Gasteiger partial charge in [-0.05, 0) is 42.5 Å². The van der Waals surface area contributed by atoms with Gasteiger partial charge in [-0.1, -0.05) is 13.0 Å². The van der Waals surface area contributed by atoms with Crippen molar-refractivity contribution in [1.29, 1.82) is 0 Å². The number of hydrogen-bond donors (Lipinski definition) is 1. The summed E-state index contributed by atoms with van der Waals surface area (Å²) in [5.74, 6) is 1.79. The summed E-state index contributed by atoms with van der Waals surface area (Å²) in [5.41, 5.74) is 1.20. The molecule has 1 amide bonds. The van der Waals surface area contributed by atoms with Crippen LogP contribution < -0.4 is 14.2 Å². The van der Waals surface area contributed by atoms with Crippen molar-refractivity contribution >= 4 is 27.3 Å². The molecule has 0 aliphatic carbocycles. The lowest BCUT2D eigenvalue weighted by molar-refractivity contribution is 0.0697. The predicted octanol–water partition coefficient (Wildman–Crippen LogP) is 2.83. The Hall–Kier alpha value is -2.10. The summed E-state index contributed by atoms with van der Waals surface area (Å²) in [6.07, 6.45) is 1.97. The fourth-order valence-corrected chi connectivity index (χ4v) is 5.48. The Morgan fingerprint density at radius 2 is 1.96 bits per heavy atom. The average molecular weight is 423 g/mol. The van der Waals surface area contributed by atoms with Crippen LogP contribution in [0, 0.1) is 5.92 Å². The Morgan fingerprint density at radius 3 is 2.75 bits per heavy atom. The van der Waals surface area contributed by atoms with Crippen molar-refractivity contribution < 1.29 is 22.7 Å². The second-order valence-corrected chi connectivity index (χ2v) is 10.0. The van der Waals surface area contributed by atoms with E-state index in [0.717, 1.165) is 42.8 Å². The summed E-state index contributed by atoms with van der Waals surface area (Å²) in [6.45, 7) is 3.93. The minimum absolute atomic E-state index is 0.0969. The Labute approximate surface area is 168 Å². The SMILES string of the molecule is CC1CCN(C(=O)c2csc(S(=O)(=O)NCc3ccc4c(c3)OCO4)c2)CC1. The smallest absolute Gasteiger partial charge is 0.254 e. The molecule has 1 fully saturated rings. The molecule has 28 heavy (non-hydrogen) atoms. The van der Waals surface area contributed by atoms with Crippen LogP contribution in [0.5, 0.6) is 11.5 Å². The Kier molecular flexibility index (Phi) is 5.31. The van der Waals surface area contributed by atoms with Gasteiger partial charge in [0.25, 0.3) is 5.91 Å². The molecule has 150 valence electrons. The van der Waals surface area contributed by atoms with Gasteiger partial charge in [0.2, 0.25) is 16.8 Å². The fourth-order valence-electron chi connectivity index (χ4n) is 3.26. The molecular weight excluding hydrogens is 400 g/mol. The number of carbonyl (C=O) groups is 1. The molecule has 2 aliphatic rings. The number of likely N-dealkylation sites (tertiary alicyclic amines) is 1. The Balaban J connectivity index is 1.41. The number of nitrogens with one attached hydrogen (secondary N) is 1. The molecule has 7 nitrogen and oxygen atoms in total. The van der Waals surface area contributed by atoms with Gasteiger partial charge in [0.15, 0.2) is 11.5 Å². The van der Waals surface area contributed by atoms with E-state index in [1.165, 1.54) is 6.07 Å². The van der Waals surface area contributed by atoms with E-state index in [0.29, 0.717) is 23.0 Å². The van der Waals surface area contributed by atoms with Crippen LogP contribution in [0.1, 0.15) is 35.7 Å². The molecule has 3 heterocycles. The maximum atomic E-state index is 12.6. The lowest BCUT2D eigenvalue weighted by atomic mass is 9.99. The zero-order chi connectivity index (χ0) is 19.7. The van der Waals surface area contributed by atoms with E-state index in [9.17, 15) is 13.2 Å². The third-order valence-corrected chi connectivity index (χ3v) is 7.90. The fraction of sp³-hybridized carbons (Fsp3) is 0.421. The first kappa shape index (κ1) is 19.2. The first-order valence-electron chi connectivity index (χ1n) is 9.18. The number of sulfonamides is 1. The van der Waals surface area contributed by atoms with Gasteiger partial charge >= 0.3 is 0 Å². The molecule has 2 aliphatic heterocycles. The molecule has 1 aromatic heterocycles. The highest BCUT2D eigenvalue weighted by Crippen LogP contribution is 2.32. The van der Waals surface area contributed by atoms with Gasteiger partial charge in [-0.25, -0.2) is 13.1 Å². The topological polar surface area (TPSA) is 84.9 Å². The highest BCUT2D eigenvalue weighted by Gasteiger charge is 2.25. The van der Waals surface area contributed by atoms with Crippen molar-refractivity contribution in [1.82, 2.24) is 9.62 Å². The van der Waals surface area contributed by atoms with Crippen LogP contribution in [0.4, 0.5) is 0 Å². The van der Waals surface area contributed by atoms with Crippen LogP contribution in [0.15, 0.2) is 33.9 Å². The number of thiophene rings is 1. The van der Waals surface area contributed by atoms with E-state index in [2.05, 4.69) is 11.6 Å². The third-order valence-electron chi connectivity index (χ3n) is 5.06. The van der Waals surface area contributed by atoms with Crippen molar-refractivity contribution in [3.63, 3.8) is 0 Å². The highest BCUT2D eigenvalue weighted by atomic mass is 32.2. The Bertz CT molecular complexity index is 978. The van der Waals surface area contributed by atoms with Crippen LogP contribution in [0.25, 0.3) is 0 Å². The minimum atomic E-state index is -3.70. The molecule has 2 aromatic rings. The second kappa shape index (κ2) is 7.73. The first-order chi connectivity index (χ1) is 13.4. The monoisotopic (exact) mass is 422 g/mol. The summed E-state index contributed by atoms with van der Waals surface area (Å²) in [6, 6.07) is 6.77. The van der Waals surface area contributed by atoms with Crippen molar-refractivity contribution in [2.75, 3.05) is 19.9 Å². The van der Waals surface area contributed by atoms with Crippen molar-refractivity contribution in [3.8, 4) is 11.5 Å². The number of ether oxygens (including phenoxy) is 2. The van der Waals surface area contributed by atoms with E-state index < -0.39 is 10.0 Å². The highest BCUT2D eigenvalue weighted by molar-refractivity contribution is 7.91. The molecule has 0 spiro atoms. The van der Waals surface area contributed by atoms with Gasteiger partial charge in [-0.3, -0.25) is 4.79 Å². The zero-order valence-electron chi connectivity index (χ0n) is 15.5. The maximum absolute atomic E-state index is 12.6. The van der Waals surface area contributed by atoms with Gasteiger partial charge in [0, 0.05) is 25.0 Å². The summed E-state index contributed by atoms with van der Waals surface area (Å²) < 4.78 is 38.5. The molecule has 0 atom stereocenters. The lowest BCUT2D eigenvalue weighted by Gasteiger charge is -2.30. The number of amides is 1. The zero-order valence-corrected chi connectivity index (χ0v) is 17.1. The Morgan fingerprint density at radius 1 is 1.21 bits per heavy atom. The molecule has 1 saturated heterocycles. The van der Waals surface area contributed by atoms with E-state index in [4.69, 9.17) is 9.47 Å². The number of piperidine rings is 1. The number of rotatable bonds is 5. The van der Waals surface area contributed by atoms with Crippen molar-refractivity contribution in [2.24, 2.45) is 5.92 Å². The molecule has 1 aromatic carbocycles. The third kappa shape index (κ3) is 4.01. The largest absolute Gasteiger partial charge is 0.454 e. The number of hydrogen-bond acceptors (Lipinski definition) is 6. The minimum Gasteiger partial charge on any atom is -0.454 e. The molecular formula is C19H22N2O5S2. The number of fused-ring (bicyclic) bond motifs is 1. The van der Waals surface area contributed by atoms with Gasteiger partial charge in [-0.15, -0.1) is 11.3 Å². The number of nitrogens with zero attached hydrogens (tertiary/aromatic N) is 1. The van der Waals surface area contributed by atoms with Crippen LogP contribution in [0.2, 0.25) is 0 Å². The summed E-state index contributed by atoms with van der Waals surface area (Å²) >= 11 is 1.06. The van der Waals surface area contributed by atoms with Gasteiger partial charge in [0.05, 0.1) is 5.56 Å². The number of benzene rings is 1. The van der Waals surface area contributed by atoms with Crippen molar-refractivity contribution in [2.45, 2.75) is 30.5 Å². The quantitative estimate of drug-likeness (QED) is 0.801. The molecule has 0 bridgehead atoms. The lowest BCUT2D eigenvalue weighted by Crippen LogP contribution is -2.37. The number of carbonyl (C=O) groups excluding carboxylic acids is 1. The van der Waals surface area contributed by atoms with Crippen molar-refractivity contribution in [3.05, 3.63) is 40.8 Å². The van der Waals surface area contributed by atoms with Gasteiger partial charge in [-0.2, -0.15) is 0 Å². The van der Waals surface area contributed by atoms with Crippen LogP contribution in [-0.4, -0.2) is 39.1 Å². The van der Waals surface area contributed by atoms with Gasteiger partial charge < -0.3 is 14.4 Å². The van der Waals surface area contributed by atoms with E-state index >= 15 is 0 Å². The average Bonchev–Trinajstić information content (AvgIpc) is 3.36. The maximum Gasteiger partial charge on any atom is 0.254 e. The molecule has 1 N–H and O–H groups in total. The van der Waals surface area contributed by atoms with Crippen LogP contribution in [-0.2, 0) is 16.6 Å². The summed E-state index contributed by atoms with van der Waals surface area (Å²) in [5, 5.41) is 1.62. The molecule has 0 unspecified atom stereocenters. The molecule has 4 rings (SSSR count). The standard InChI is InChI=1S/C19H22N2O5S2/c1-13-4-6-21(7-5-13)19(22)15-9-18(27-11-15)28(23,24)20-10-14-2-3-16-17(8-14)26-12-25-16/h2-3,8-9,11,13,20H,4-7,10,12H2,1H3. The predicted molar refractivity (Wildman–Crippen MR) is 105 cm³/mol. The molecule has 0 radical (unpaired) electrons. The van der Waals surface area contributed by atoms with Crippen LogP contribution in [0.3, 0.4) is 0 Å². The summed E-state index contributed by atoms with van der Waals surface area (Å²) in [4.78, 5) is 14.4. The van der Waals surface area contributed by atoms with Gasteiger partial charge in [0.1, 0.15) is 4.21 Å².